The summed E-state index contributed by atoms with van der Waals surface area (Å²) in [5.41, 5.74) is 0. The second-order valence-electron chi connectivity index (χ2n) is 0. The summed E-state index contributed by atoms with van der Waals surface area (Å²) in [4.78, 5) is 0. The normalized spacial score (nSPS) is 0. The van der Waals surface area contributed by atoms with Gasteiger partial charge in [-0.2, -0.15) is 0 Å². The van der Waals surface area contributed by atoms with Gasteiger partial charge >= 0.3 is 112 Å². The molecular weight excluding hydrogens is 169 g/mol. The van der Waals surface area contributed by atoms with Crippen molar-refractivity contribution in [3.63, 3.8) is 0 Å². The molecule has 0 fully saturated rings. The molecule has 0 aromatic heterocycles. The molecule has 0 saturated heterocycles. The molecule has 0 amide bonds. The Labute approximate surface area is 128 Å². The number of hydrogen-bond acceptors (Lipinski definition) is 0. The quantitative estimate of drug-likeness (QED) is 0.356. The Morgan fingerprint density at radius 2 is 1.00 bits per heavy atom. The minimum atomic E-state index is 0. The van der Waals surface area contributed by atoms with E-state index in [4.69, 9.17) is 0 Å². The Balaban J connectivity index is 0. The van der Waals surface area contributed by atoms with Crippen LogP contribution in [0, 0.1) is 0 Å². The molecule has 0 aliphatic carbocycles. The Morgan fingerprint density at radius 3 is 1.00 bits per heavy atom. The van der Waals surface area contributed by atoms with Crippen LogP contribution in [-0.4, -0.2) is 112 Å². The summed E-state index contributed by atoms with van der Waals surface area (Å²) >= 11 is 0. The van der Waals surface area contributed by atoms with Crippen molar-refractivity contribution in [2.24, 2.45) is 0 Å². The predicted molar refractivity (Wildman–Crippen MR) is 24.2 cm³/mol. The topological polar surface area (TPSA) is 0 Å². The molecule has 0 aliphatic heterocycles. The standard InChI is InChI=1S/Ca.K.Mg.Zn.5H. The van der Waals surface area contributed by atoms with E-state index < -0.39 is 0 Å². The van der Waals surface area contributed by atoms with E-state index >= 15 is 0 Å². The van der Waals surface area contributed by atoms with Crippen molar-refractivity contribution in [3.8, 4) is 0 Å². The zero-order valence-corrected chi connectivity index (χ0v) is 3.67. The van der Waals surface area contributed by atoms with Crippen molar-refractivity contribution in [1.29, 1.82) is 0 Å². The fourth-order valence-corrected chi connectivity index (χ4v) is 0. The molecule has 0 saturated carbocycles. The van der Waals surface area contributed by atoms with Gasteiger partial charge in [0.15, 0.2) is 0 Å². The van der Waals surface area contributed by atoms with Crippen LogP contribution in [0.15, 0.2) is 0 Å². The molecule has 0 rings (SSSR count). The van der Waals surface area contributed by atoms with Crippen LogP contribution in [0.5, 0.6) is 0 Å². The summed E-state index contributed by atoms with van der Waals surface area (Å²) in [5.74, 6) is 0. The summed E-state index contributed by atoms with van der Waals surface area (Å²) in [5, 5.41) is 0. The average Bonchev–Trinajstić information content (AvgIpc) is 0. The van der Waals surface area contributed by atoms with Crippen molar-refractivity contribution >= 4 is 112 Å². The van der Waals surface area contributed by atoms with Gasteiger partial charge in [-0.25, -0.2) is 0 Å². The second kappa shape index (κ2) is 15.7. The monoisotopic (exact) mass is 172 g/mol. The van der Waals surface area contributed by atoms with Crippen LogP contribution in [0.4, 0.5) is 0 Å². The van der Waals surface area contributed by atoms with Crippen molar-refractivity contribution in [3.05, 3.63) is 0 Å². The van der Waals surface area contributed by atoms with Gasteiger partial charge in [-0.1, -0.05) is 0 Å². The first-order valence-electron chi connectivity index (χ1n) is 0. The van der Waals surface area contributed by atoms with E-state index in [1.165, 1.54) is 0 Å². The molecule has 0 unspecified atom stereocenters. The molecule has 12 valence electrons. The van der Waals surface area contributed by atoms with Gasteiger partial charge < -0.3 is 0 Å². The van der Waals surface area contributed by atoms with Crippen LogP contribution >= 0.6 is 0 Å². The van der Waals surface area contributed by atoms with Gasteiger partial charge in [0, 0.05) is 19.5 Å². The minimum absolute atomic E-state index is 0. The van der Waals surface area contributed by atoms with Crippen molar-refractivity contribution in [1.82, 2.24) is 0 Å². The van der Waals surface area contributed by atoms with Gasteiger partial charge in [0.25, 0.3) is 0 Å². The maximum absolute atomic E-state index is 0. The fraction of sp³-hybridized carbons (Fsp3) is 0. The zero-order valence-electron chi connectivity index (χ0n) is 0.707. The summed E-state index contributed by atoms with van der Waals surface area (Å²) in [6.07, 6.45) is 0. The van der Waals surface area contributed by atoms with Crippen LogP contribution in [0.25, 0.3) is 0 Å². The minimum Gasteiger partial charge on any atom is 0 e. The van der Waals surface area contributed by atoms with Crippen LogP contribution in [0.2, 0.25) is 0 Å². The van der Waals surface area contributed by atoms with E-state index in [0.717, 1.165) is 0 Å². The van der Waals surface area contributed by atoms with Crippen molar-refractivity contribution < 1.29 is 19.5 Å². The molecule has 4 heavy (non-hydrogen) atoms. The van der Waals surface area contributed by atoms with Gasteiger partial charge in [-0.3, -0.25) is 0 Å². The summed E-state index contributed by atoms with van der Waals surface area (Å²) in [7, 11) is 0. The predicted octanol–water partition coefficient (Wildman–Crippen LogP) is -2.48. The largest absolute Gasteiger partial charge is 0.316 e. The summed E-state index contributed by atoms with van der Waals surface area (Å²) < 4.78 is 0. The van der Waals surface area contributed by atoms with Crippen molar-refractivity contribution in [2.75, 3.05) is 0 Å². The molecule has 0 N–H and O–H groups in total. The molecule has 0 aromatic carbocycles. The zero-order chi connectivity index (χ0) is 0. The Bertz CT molecular complexity index is 8.00. The first-order valence-corrected chi connectivity index (χ1v) is 0. The van der Waals surface area contributed by atoms with Gasteiger partial charge in [-0.05, 0) is 0 Å². The van der Waals surface area contributed by atoms with Gasteiger partial charge in [0.05, 0.1) is 0 Å². The molecule has 0 aliphatic rings. The Morgan fingerprint density at radius 1 is 1.00 bits per heavy atom. The van der Waals surface area contributed by atoms with Crippen LogP contribution < -0.4 is 0 Å². The van der Waals surface area contributed by atoms with Crippen molar-refractivity contribution in [2.45, 2.75) is 0 Å². The number of rotatable bonds is 0. The average molecular weight is 174 g/mol. The Hall–Kier alpha value is 4.29. The molecule has 0 heterocycles. The SMILES string of the molecule is [CaH2].[KH].[MgH2].[Zn]. The van der Waals surface area contributed by atoms with Gasteiger partial charge in [0.1, 0.15) is 0 Å². The molecule has 0 aromatic rings. The van der Waals surface area contributed by atoms with E-state index in [0.29, 0.717) is 0 Å². The smallest absolute Gasteiger partial charge is 0 e. The van der Waals surface area contributed by atoms with E-state index in [1.807, 2.05) is 0 Å². The molecule has 0 bridgehead atoms. The molecule has 4 heteroatoms. The number of hydrogen-bond donors (Lipinski definition) is 0. The molecule has 0 radical (unpaired) electrons. The molecule has 0 atom stereocenters. The van der Waals surface area contributed by atoms with Crippen LogP contribution in [0.3, 0.4) is 0 Å². The summed E-state index contributed by atoms with van der Waals surface area (Å²) in [6.45, 7) is 0. The molecule has 0 spiro atoms. The maximum atomic E-state index is 0. The van der Waals surface area contributed by atoms with E-state index in [-0.39, 0.29) is 132 Å². The third-order valence-electron chi connectivity index (χ3n) is 0. The first-order chi connectivity index (χ1) is 0. The maximum Gasteiger partial charge on any atom is 0.316 e. The third kappa shape index (κ3) is 9.56. The Kier molecular flexibility index (Phi) is 93.8. The van der Waals surface area contributed by atoms with E-state index in [2.05, 4.69) is 0 Å². The molecular formula is H5CaKMgZn. The van der Waals surface area contributed by atoms with Crippen LogP contribution in [-0.2, 0) is 19.5 Å². The van der Waals surface area contributed by atoms with Gasteiger partial charge in [-0.15, -0.1) is 0 Å². The third-order valence-corrected chi connectivity index (χ3v) is 0. The van der Waals surface area contributed by atoms with E-state index in [9.17, 15) is 0 Å². The molecule has 0 nitrogen and oxygen atoms in total. The first kappa shape index (κ1) is 23.9. The second-order valence-corrected chi connectivity index (χ2v) is 0. The fourth-order valence-electron chi connectivity index (χ4n) is 0. The summed E-state index contributed by atoms with van der Waals surface area (Å²) in [6, 6.07) is 0. The van der Waals surface area contributed by atoms with Gasteiger partial charge in [0.2, 0.25) is 0 Å². The van der Waals surface area contributed by atoms with Crippen LogP contribution in [0.1, 0.15) is 0 Å². The van der Waals surface area contributed by atoms with E-state index in [1.54, 1.807) is 0 Å².